The molecule has 3 atom stereocenters. The lowest BCUT2D eigenvalue weighted by atomic mass is 9.85. The highest BCUT2D eigenvalue weighted by atomic mass is 35.5. The van der Waals surface area contributed by atoms with E-state index in [4.69, 9.17) is 5.73 Å². The maximum absolute atomic E-state index is 13.6. The number of hydrogen-bond acceptors (Lipinski definition) is 2. The van der Waals surface area contributed by atoms with Crippen LogP contribution >= 0.6 is 12.4 Å². The summed E-state index contributed by atoms with van der Waals surface area (Å²) >= 11 is 0. The largest absolute Gasteiger partial charge is 0.353 e. The van der Waals surface area contributed by atoms with Gasteiger partial charge in [-0.2, -0.15) is 0 Å². The van der Waals surface area contributed by atoms with Crippen LogP contribution in [0.15, 0.2) is 24.3 Å². The molecule has 118 valence electrons. The van der Waals surface area contributed by atoms with E-state index < -0.39 is 0 Å². The number of amides is 1. The van der Waals surface area contributed by atoms with Gasteiger partial charge in [-0.1, -0.05) is 24.6 Å². The van der Waals surface area contributed by atoms with Gasteiger partial charge in [-0.05, 0) is 44.2 Å². The predicted octanol–water partition coefficient (Wildman–Crippen LogP) is 2.81. The third kappa shape index (κ3) is 5.29. The second-order valence-corrected chi connectivity index (χ2v) is 5.83. The van der Waals surface area contributed by atoms with Crippen molar-refractivity contribution in [2.75, 3.05) is 0 Å². The lowest BCUT2D eigenvalue weighted by Crippen LogP contribution is -2.42. The van der Waals surface area contributed by atoms with Crippen molar-refractivity contribution >= 4 is 18.3 Å². The maximum Gasteiger partial charge on any atom is 0.223 e. The average molecular weight is 315 g/mol. The van der Waals surface area contributed by atoms with E-state index in [9.17, 15) is 9.18 Å². The van der Waals surface area contributed by atoms with Crippen molar-refractivity contribution in [2.45, 2.75) is 51.1 Å². The van der Waals surface area contributed by atoms with Crippen LogP contribution in [0, 0.1) is 11.7 Å². The summed E-state index contributed by atoms with van der Waals surface area (Å²) in [5, 5.41) is 2.98. The molecule has 5 heteroatoms. The molecule has 1 fully saturated rings. The molecule has 1 aromatic carbocycles. The molecular formula is C16H24ClFN2O. The third-order valence-electron chi connectivity index (χ3n) is 3.96. The average Bonchev–Trinajstić information content (AvgIpc) is 2.41. The molecule has 3 nitrogen and oxygen atoms in total. The fraction of sp³-hybridized carbons (Fsp3) is 0.562. The summed E-state index contributed by atoms with van der Waals surface area (Å²) in [6.07, 6.45) is 4.21. The lowest BCUT2D eigenvalue weighted by Gasteiger charge is -2.27. The topological polar surface area (TPSA) is 55.1 Å². The molecule has 0 heterocycles. The molecule has 1 amide bonds. The first-order valence-corrected chi connectivity index (χ1v) is 7.35. The second kappa shape index (κ2) is 8.35. The van der Waals surface area contributed by atoms with Gasteiger partial charge in [0.25, 0.3) is 0 Å². The molecule has 0 bridgehead atoms. The van der Waals surface area contributed by atoms with Crippen molar-refractivity contribution in [3.63, 3.8) is 0 Å². The van der Waals surface area contributed by atoms with Crippen LogP contribution in [-0.2, 0) is 11.2 Å². The number of benzene rings is 1. The summed E-state index contributed by atoms with van der Waals surface area (Å²) in [5.74, 6) is -0.140. The van der Waals surface area contributed by atoms with Crippen LogP contribution in [0.1, 0.15) is 38.2 Å². The van der Waals surface area contributed by atoms with Crippen molar-refractivity contribution in [3.05, 3.63) is 35.6 Å². The zero-order valence-electron chi connectivity index (χ0n) is 12.3. The van der Waals surface area contributed by atoms with Crippen LogP contribution in [-0.4, -0.2) is 18.0 Å². The standard InChI is InChI=1S/C16H23FN2O.ClH/c1-11(9-12-5-2-3-8-15(12)17)19-16(20)13-6-4-7-14(18)10-13;/h2-3,5,8,11,13-14H,4,6-7,9-10,18H2,1H3,(H,19,20);1H. The van der Waals surface area contributed by atoms with E-state index >= 15 is 0 Å². The molecule has 2 rings (SSSR count). The molecular weight excluding hydrogens is 291 g/mol. The van der Waals surface area contributed by atoms with Gasteiger partial charge in [-0.3, -0.25) is 4.79 Å². The Morgan fingerprint density at radius 3 is 2.81 bits per heavy atom. The molecule has 0 aliphatic heterocycles. The smallest absolute Gasteiger partial charge is 0.223 e. The summed E-state index contributed by atoms with van der Waals surface area (Å²) in [6.45, 7) is 1.91. The monoisotopic (exact) mass is 314 g/mol. The number of rotatable bonds is 4. The van der Waals surface area contributed by atoms with Gasteiger partial charge in [0.15, 0.2) is 0 Å². The van der Waals surface area contributed by atoms with Crippen LogP contribution in [0.25, 0.3) is 0 Å². The van der Waals surface area contributed by atoms with Gasteiger partial charge < -0.3 is 11.1 Å². The van der Waals surface area contributed by atoms with Gasteiger partial charge in [0.2, 0.25) is 5.91 Å². The van der Waals surface area contributed by atoms with E-state index in [2.05, 4.69) is 5.32 Å². The quantitative estimate of drug-likeness (QED) is 0.898. The number of carbonyl (C=O) groups excluding carboxylic acids is 1. The SMILES string of the molecule is CC(Cc1ccccc1F)NC(=O)C1CCCC(N)C1.Cl. The van der Waals surface area contributed by atoms with Crippen molar-refractivity contribution in [3.8, 4) is 0 Å². The first-order valence-electron chi connectivity index (χ1n) is 7.35. The van der Waals surface area contributed by atoms with E-state index in [0.717, 1.165) is 25.7 Å². The fourth-order valence-corrected chi connectivity index (χ4v) is 2.87. The summed E-state index contributed by atoms with van der Waals surface area (Å²) in [5.41, 5.74) is 6.55. The van der Waals surface area contributed by atoms with Crippen molar-refractivity contribution < 1.29 is 9.18 Å². The van der Waals surface area contributed by atoms with Gasteiger partial charge in [0.1, 0.15) is 5.82 Å². The van der Waals surface area contributed by atoms with Crippen LogP contribution in [0.3, 0.4) is 0 Å². The first-order chi connectivity index (χ1) is 9.56. The molecule has 0 spiro atoms. The summed E-state index contributed by atoms with van der Waals surface area (Å²) in [7, 11) is 0. The van der Waals surface area contributed by atoms with Gasteiger partial charge in [-0.15, -0.1) is 12.4 Å². The Labute approximate surface area is 131 Å². The fourth-order valence-electron chi connectivity index (χ4n) is 2.87. The molecule has 1 aliphatic rings. The minimum absolute atomic E-state index is 0. The van der Waals surface area contributed by atoms with E-state index in [1.807, 2.05) is 13.0 Å². The Hall–Kier alpha value is -1.13. The molecule has 0 saturated heterocycles. The number of nitrogens with one attached hydrogen (secondary N) is 1. The minimum Gasteiger partial charge on any atom is -0.353 e. The van der Waals surface area contributed by atoms with Crippen LogP contribution in [0.4, 0.5) is 4.39 Å². The predicted molar refractivity (Wildman–Crippen MR) is 84.9 cm³/mol. The lowest BCUT2D eigenvalue weighted by molar-refractivity contribution is -0.126. The van der Waals surface area contributed by atoms with Crippen molar-refractivity contribution in [1.82, 2.24) is 5.32 Å². The van der Waals surface area contributed by atoms with E-state index in [1.54, 1.807) is 12.1 Å². The Morgan fingerprint density at radius 1 is 1.43 bits per heavy atom. The molecule has 3 unspecified atom stereocenters. The van der Waals surface area contributed by atoms with Gasteiger partial charge in [0.05, 0.1) is 0 Å². The van der Waals surface area contributed by atoms with Crippen LogP contribution in [0.5, 0.6) is 0 Å². The highest BCUT2D eigenvalue weighted by Gasteiger charge is 2.26. The molecule has 3 N–H and O–H groups in total. The van der Waals surface area contributed by atoms with Crippen LogP contribution in [0.2, 0.25) is 0 Å². The zero-order valence-corrected chi connectivity index (χ0v) is 13.2. The summed E-state index contributed by atoms with van der Waals surface area (Å²) in [6, 6.07) is 6.76. The number of hydrogen-bond donors (Lipinski definition) is 2. The van der Waals surface area contributed by atoms with Crippen LogP contribution < -0.4 is 11.1 Å². The first kappa shape index (κ1) is 17.9. The Morgan fingerprint density at radius 2 is 2.14 bits per heavy atom. The van der Waals surface area contributed by atoms with Crippen molar-refractivity contribution in [2.24, 2.45) is 11.7 Å². The van der Waals surface area contributed by atoms with Crippen molar-refractivity contribution in [1.29, 1.82) is 0 Å². The molecule has 1 aromatic rings. The second-order valence-electron chi connectivity index (χ2n) is 5.83. The summed E-state index contributed by atoms with van der Waals surface area (Å²) in [4.78, 5) is 12.2. The Balaban J connectivity index is 0.00000220. The highest BCUT2D eigenvalue weighted by molar-refractivity contribution is 5.85. The maximum atomic E-state index is 13.6. The normalized spacial score (nSPS) is 23.0. The Bertz CT molecular complexity index is 469. The van der Waals surface area contributed by atoms with Gasteiger partial charge >= 0.3 is 0 Å². The number of carbonyl (C=O) groups is 1. The van der Waals surface area contributed by atoms with Gasteiger partial charge in [-0.25, -0.2) is 4.39 Å². The summed E-state index contributed by atoms with van der Waals surface area (Å²) < 4.78 is 13.6. The highest BCUT2D eigenvalue weighted by Crippen LogP contribution is 2.23. The van der Waals surface area contributed by atoms with Gasteiger partial charge in [0, 0.05) is 18.0 Å². The Kier molecular flexibility index (Phi) is 7.12. The van der Waals surface area contributed by atoms with E-state index in [1.165, 1.54) is 6.07 Å². The molecule has 1 saturated carbocycles. The zero-order chi connectivity index (χ0) is 14.5. The minimum atomic E-state index is -0.215. The molecule has 0 radical (unpaired) electrons. The number of halogens is 2. The molecule has 1 aliphatic carbocycles. The molecule has 21 heavy (non-hydrogen) atoms. The third-order valence-corrected chi connectivity index (χ3v) is 3.96. The van der Waals surface area contributed by atoms with E-state index in [-0.39, 0.29) is 42.1 Å². The van der Waals surface area contributed by atoms with E-state index in [0.29, 0.717) is 12.0 Å². The molecule has 0 aromatic heterocycles. The number of nitrogens with two attached hydrogens (primary N) is 1.